The van der Waals surface area contributed by atoms with Gasteiger partial charge in [-0.15, -0.1) is 0 Å². The lowest BCUT2D eigenvalue weighted by molar-refractivity contribution is 0.00597. The molecule has 1 N–H and O–H groups in total. The number of anilines is 2. The number of hydrogen-bond acceptors (Lipinski definition) is 9. The zero-order valence-corrected chi connectivity index (χ0v) is 15.9. The zero-order valence-electron chi connectivity index (χ0n) is 14.3. The number of thiazole rings is 1. The van der Waals surface area contributed by atoms with Gasteiger partial charge in [-0.1, -0.05) is 22.9 Å². The van der Waals surface area contributed by atoms with E-state index in [1.807, 2.05) is 0 Å². The minimum Gasteiger partial charge on any atom is -0.465 e. The molecule has 0 spiro atoms. The molecule has 2 aromatic heterocycles. The summed E-state index contributed by atoms with van der Waals surface area (Å²) < 4.78 is 9.99. The van der Waals surface area contributed by atoms with Crippen molar-refractivity contribution in [3.63, 3.8) is 0 Å². The van der Waals surface area contributed by atoms with Crippen LogP contribution in [0.25, 0.3) is 0 Å². The van der Waals surface area contributed by atoms with Gasteiger partial charge < -0.3 is 14.8 Å². The van der Waals surface area contributed by atoms with Crippen LogP contribution < -0.4 is 5.32 Å². The second kappa shape index (κ2) is 7.32. The Labute approximate surface area is 153 Å². The maximum absolute atomic E-state index is 12.3. The molecule has 0 atom stereocenters. The predicted molar refractivity (Wildman–Crippen MR) is 93.7 cm³/mol. The molecule has 8 nitrogen and oxygen atoms in total. The van der Waals surface area contributed by atoms with Gasteiger partial charge in [-0.2, -0.15) is 0 Å². The van der Waals surface area contributed by atoms with E-state index in [9.17, 15) is 9.59 Å². The number of halogens is 1. The van der Waals surface area contributed by atoms with Crippen molar-refractivity contribution >= 4 is 45.8 Å². The van der Waals surface area contributed by atoms with Gasteiger partial charge >= 0.3 is 11.9 Å². The quantitative estimate of drug-likeness (QED) is 0.632. The summed E-state index contributed by atoms with van der Waals surface area (Å²) in [6.45, 7) is 6.85. The van der Waals surface area contributed by atoms with Crippen molar-refractivity contribution in [2.24, 2.45) is 0 Å². The van der Waals surface area contributed by atoms with E-state index in [-0.39, 0.29) is 20.9 Å². The number of aromatic nitrogens is 3. The molecule has 2 aromatic rings. The van der Waals surface area contributed by atoms with Gasteiger partial charge in [0.15, 0.2) is 10.8 Å². The summed E-state index contributed by atoms with van der Waals surface area (Å²) >= 11 is 6.84. The SMILES string of the molecule is COC(=O)c1sc(Nc2cc(Cl)nc(C)n2)nc1C(=O)OC(C)(C)C. The number of esters is 2. The summed E-state index contributed by atoms with van der Waals surface area (Å²) in [5, 5.41) is 3.43. The van der Waals surface area contributed by atoms with Crippen molar-refractivity contribution in [2.45, 2.75) is 33.3 Å². The molecular formula is C15H17ClN4O4S. The van der Waals surface area contributed by atoms with Crippen LogP contribution in [-0.2, 0) is 9.47 Å². The van der Waals surface area contributed by atoms with Crippen molar-refractivity contribution in [3.05, 3.63) is 27.6 Å². The molecule has 0 aliphatic carbocycles. The third-order valence-corrected chi connectivity index (χ3v) is 3.78. The highest BCUT2D eigenvalue weighted by molar-refractivity contribution is 7.17. The van der Waals surface area contributed by atoms with Crippen LogP contribution in [0, 0.1) is 6.92 Å². The molecule has 0 radical (unpaired) electrons. The van der Waals surface area contributed by atoms with Gasteiger partial charge in [-0.25, -0.2) is 24.5 Å². The van der Waals surface area contributed by atoms with E-state index in [1.165, 1.54) is 13.2 Å². The Morgan fingerprint density at radius 1 is 1.20 bits per heavy atom. The van der Waals surface area contributed by atoms with Crippen molar-refractivity contribution in [2.75, 3.05) is 12.4 Å². The molecule has 25 heavy (non-hydrogen) atoms. The molecule has 0 fully saturated rings. The molecule has 0 aliphatic rings. The van der Waals surface area contributed by atoms with Crippen LogP contribution in [0.2, 0.25) is 5.15 Å². The molecule has 10 heteroatoms. The molecule has 0 aromatic carbocycles. The minimum absolute atomic E-state index is 0.0381. The smallest absolute Gasteiger partial charge is 0.359 e. The molecule has 0 saturated carbocycles. The Bertz CT molecular complexity index is 796. The van der Waals surface area contributed by atoms with Crippen LogP contribution in [0.3, 0.4) is 0 Å². The molecule has 0 amide bonds. The van der Waals surface area contributed by atoms with E-state index in [2.05, 4.69) is 20.3 Å². The van der Waals surface area contributed by atoms with E-state index < -0.39 is 17.5 Å². The van der Waals surface area contributed by atoms with Gasteiger partial charge in [-0.05, 0) is 27.7 Å². The highest BCUT2D eigenvalue weighted by atomic mass is 35.5. The highest BCUT2D eigenvalue weighted by Crippen LogP contribution is 2.28. The van der Waals surface area contributed by atoms with Crippen LogP contribution in [0.15, 0.2) is 6.07 Å². The number of methoxy groups -OCH3 is 1. The Balaban J connectivity index is 2.37. The fourth-order valence-electron chi connectivity index (χ4n) is 1.77. The van der Waals surface area contributed by atoms with Crippen molar-refractivity contribution in [1.29, 1.82) is 0 Å². The molecule has 2 heterocycles. The van der Waals surface area contributed by atoms with E-state index >= 15 is 0 Å². The van der Waals surface area contributed by atoms with Crippen LogP contribution in [-0.4, -0.2) is 39.6 Å². The summed E-state index contributed by atoms with van der Waals surface area (Å²) in [5.74, 6) is -0.539. The van der Waals surface area contributed by atoms with Gasteiger partial charge in [0.2, 0.25) is 0 Å². The summed E-state index contributed by atoms with van der Waals surface area (Å²) in [4.78, 5) is 36.6. The Hall–Kier alpha value is -2.26. The maximum Gasteiger partial charge on any atom is 0.359 e. The first kappa shape index (κ1) is 19.1. The molecule has 0 unspecified atom stereocenters. The average molecular weight is 385 g/mol. The Morgan fingerprint density at radius 2 is 1.88 bits per heavy atom. The number of ether oxygens (including phenoxy) is 2. The van der Waals surface area contributed by atoms with Gasteiger partial charge in [0, 0.05) is 6.07 Å². The first-order valence-corrected chi connectivity index (χ1v) is 8.39. The Kier molecular flexibility index (Phi) is 5.58. The summed E-state index contributed by atoms with van der Waals surface area (Å²) in [7, 11) is 1.22. The summed E-state index contributed by atoms with van der Waals surface area (Å²) in [6, 6.07) is 1.50. The molecule has 0 aliphatic heterocycles. The Morgan fingerprint density at radius 3 is 2.44 bits per heavy atom. The maximum atomic E-state index is 12.3. The molecule has 2 rings (SSSR count). The molecule has 0 saturated heterocycles. The lowest BCUT2D eigenvalue weighted by Gasteiger charge is -2.18. The number of aryl methyl sites for hydroxylation is 1. The summed E-state index contributed by atoms with van der Waals surface area (Å²) in [5.41, 5.74) is -0.843. The van der Waals surface area contributed by atoms with Crippen molar-refractivity contribution in [1.82, 2.24) is 15.0 Å². The normalized spacial score (nSPS) is 11.1. The average Bonchev–Trinajstić information content (AvgIpc) is 2.87. The lowest BCUT2D eigenvalue weighted by atomic mass is 10.2. The monoisotopic (exact) mass is 384 g/mol. The fourth-order valence-corrected chi connectivity index (χ4v) is 2.88. The van der Waals surface area contributed by atoms with Crippen LogP contribution >= 0.6 is 22.9 Å². The number of nitrogens with one attached hydrogen (secondary N) is 1. The van der Waals surface area contributed by atoms with Gasteiger partial charge in [0.05, 0.1) is 7.11 Å². The third kappa shape index (κ3) is 5.10. The van der Waals surface area contributed by atoms with E-state index in [0.717, 1.165) is 11.3 Å². The van der Waals surface area contributed by atoms with Gasteiger partial charge in [0.25, 0.3) is 0 Å². The number of rotatable bonds is 4. The first-order chi connectivity index (χ1) is 11.6. The van der Waals surface area contributed by atoms with Gasteiger partial charge in [0.1, 0.15) is 27.3 Å². The largest absolute Gasteiger partial charge is 0.465 e. The van der Waals surface area contributed by atoms with E-state index in [0.29, 0.717) is 11.6 Å². The summed E-state index contributed by atoms with van der Waals surface area (Å²) in [6.07, 6.45) is 0. The number of hydrogen-bond donors (Lipinski definition) is 1. The number of carbonyl (C=O) groups is 2. The molecule has 0 bridgehead atoms. The zero-order chi connectivity index (χ0) is 18.8. The van der Waals surface area contributed by atoms with Crippen molar-refractivity contribution < 1.29 is 19.1 Å². The highest BCUT2D eigenvalue weighted by Gasteiger charge is 2.28. The topological polar surface area (TPSA) is 103 Å². The first-order valence-electron chi connectivity index (χ1n) is 7.20. The van der Waals surface area contributed by atoms with Crippen LogP contribution in [0.1, 0.15) is 46.8 Å². The van der Waals surface area contributed by atoms with Gasteiger partial charge in [-0.3, -0.25) is 0 Å². The standard InChI is InChI=1S/C15H17ClN4O4S/c1-7-17-8(16)6-9(18-7)19-14-20-10(11(25-14)13(22)23-5)12(21)24-15(2,3)4/h6H,1-5H3,(H,17,18,19,20). The third-order valence-electron chi connectivity index (χ3n) is 2.63. The number of carbonyl (C=O) groups excluding carboxylic acids is 2. The minimum atomic E-state index is -0.723. The van der Waals surface area contributed by atoms with E-state index in [1.54, 1.807) is 27.7 Å². The molecule has 134 valence electrons. The lowest BCUT2D eigenvalue weighted by Crippen LogP contribution is -2.25. The van der Waals surface area contributed by atoms with Crippen LogP contribution in [0.4, 0.5) is 10.9 Å². The second-order valence-corrected chi connectivity index (χ2v) is 7.32. The molecular weight excluding hydrogens is 368 g/mol. The predicted octanol–water partition coefficient (Wildman–Crippen LogP) is 3.38. The van der Waals surface area contributed by atoms with Crippen LogP contribution in [0.5, 0.6) is 0 Å². The van der Waals surface area contributed by atoms with E-state index in [4.69, 9.17) is 21.1 Å². The second-order valence-electron chi connectivity index (χ2n) is 5.94. The fraction of sp³-hybridized carbons (Fsp3) is 0.400. The van der Waals surface area contributed by atoms with Crippen molar-refractivity contribution in [3.8, 4) is 0 Å². The number of nitrogens with zero attached hydrogens (tertiary/aromatic N) is 3.